The molecular weight excluding hydrogens is 438 g/mol. The zero-order valence-corrected chi connectivity index (χ0v) is 21.2. The van der Waals surface area contributed by atoms with Gasteiger partial charge in [-0.05, 0) is 68.5 Å². The number of nitrogens with zero attached hydrogens (tertiary/aromatic N) is 2. The first kappa shape index (κ1) is 26.4. The number of rotatable bonds is 10. The minimum absolute atomic E-state index is 0.205. The van der Waals surface area contributed by atoms with Crippen molar-refractivity contribution < 1.29 is 18.0 Å². The van der Waals surface area contributed by atoms with Crippen molar-refractivity contribution in [2.24, 2.45) is 0 Å². The Bertz CT molecular complexity index is 1100. The van der Waals surface area contributed by atoms with Gasteiger partial charge in [0.1, 0.15) is 12.6 Å². The van der Waals surface area contributed by atoms with E-state index in [-0.39, 0.29) is 12.5 Å². The fraction of sp³-hybridized carbons (Fsp3) is 0.440. The molecule has 0 saturated heterocycles. The van der Waals surface area contributed by atoms with E-state index in [1.165, 1.54) is 4.90 Å². The van der Waals surface area contributed by atoms with Crippen LogP contribution in [0.3, 0.4) is 0 Å². The van der Waals surface area contributed by atoms with Crippen molar-refractivity contribution in [1.29, 1.82) is 0 Å². The molecule has 0 radical (unpaired) electrons. The van der Waals surface area contributed by atoms with Crippen LogP contribution in [0.25, 0.3) is 0 Å². The highest BCUT2D eigenvalue weighted by atomic mass is 32.2. The molecule has 8 heteroatoms. The average Bonchev–Trinajstić information content (AvgIpc) is 2.75. The average molecular weight is 474 g/mol. The van der Waals surface area contributed by atoms with Crippen molar-refractivity contribution in [3.63, 3.8) is 0 Å². The van der Waals surface area contributed by atoms with Gasteiger partial charge < -0.3 is 10.2 Å². The van der Waals surface area contributed by atoms with E-state index >= 15 is 0 Å². The van der Waals surface area contributed by atoms with E-state index in [4.69, 9.17) is 0 Å². The molecule has 0 saturated carbocycles. The van der Waals surface area contributed by atoms with Crippen LogP contribution < -0.4 is 9.62 Å². The number of sulfonamides is 1. The van der Waals surface area contributed by atoms with Gasteiger partial charge in [0.2, 0.25) is 21.8 Å². The van der Waals surface area contributed by atoms with Crippen molar-refractivity contribution in [3.05, 3.63) is 64.7 Å². The van der Waals surface area contributed by atoms with Gasteiger partial charge in [-0.15, -0.1) is 0 Å². The van der Waals surface area contributed by atoms with Gasteiger partial charge in [-0.3, -0.25) is 13.9 Å². The summed E-state index contributed by atoms with van der Waals surface area (Å²) in [6.45, 7) is 9.72. The monoisotopic (exact) mass is 473 g/mol. The first-order valence-corrected chi connectivity index (χ1v) is 13.0. The maximum Gasteiger partial charge on any atom is 0.244 e. The van der Waals surface area contributed by atoms with Crippen LogP contribution in [0.5, 0.6) is 0 Å². The molecule has 0 aliphatic rings. The van der Waals surface area contributed by atoms with Crippen molar-refractivity contribution >= 4 is 27.5 Å². The van der Waals surface area contributed by atoms with Crippen LogP contribution in [0.4, 0.5) is 5.69 Å². The first-order chi connectivity index (χ1) is 15.5. The molecule has 0 aliphatic carbocycles. The number of benzene rings is 2. The molecule has 0 spiro atoms. The number of aryl methyl sites for hydroxylation is 3. The second-order valence-electron chi connectivity index (χ2n) is 8.45. The number of amides is 2. The van der Waals surface area contributed by atoms with Crippen LogP contribution in [-0.4, -0.2) is 50.5 Å². The molecule has 0 bridgehead atoms. The van der Waals surface area contributed by atoms with Crippen LogP contribution >= 0.6 is 0 Å². The van der Waals surface area contributed by atoms with E-state index in [1.807, 2.05) is 58.0 Å². The van der Waals surface area contributed by atoms with Crippen molar-refractivity contribution in [1.82, 2.24) is 10.2 Å². The summed E-state index contributed by atoms with van der Waals surface area (Å²) < 4.78 is 26.3. The van der Waals surface area contributed by atoms with E-state index in [1.54, 1.807) is 19.1 Å². The lowest BCUT2D eigenvalue weighted by atomic mass is 10.1. The summed E-state index contributed by atoms with van der Waals surface area (Å²) in [4.78, 5) is 27.7. The molecule has 2 rings (SSSR count). The van der Waals surface area contributed by atoms with Crippen LogP contribution in [-0.2, 0) is 26.2 Å². The molecule has 2 aromatic rings. The predicted molar refractivity (Wildman–Crippen MR) is 133 cm³/mol. The van der Waals surface area contributed by atoms with Gasteiger partial charge in [-0.25, -0.2) is 8.42 Å². The first-order valence-electron chi connectivity index (χ1n) is 11.1. The van der Waals surface area contributed by atoms with Crippen LogP contribution in [0.15, 0.2) is 42.5 Å². The molecule has 1 N–H and O–H groups in total. The zero-order chi connectivity index (χ0) is 24.8. The summed E-state index contributed by atoms with van der Waals surface area (Å²) in [7, 11) is -3.73. The van der Waals surface area contributed by atoms with Crippen molar-refractivity contribution in [2.45, 2.75) is 53.6 Å². The molecule has 2 amide bonds. The lowest BCUT2D eigenvalue weighted by molar-refractivity contribution is -0.139. The summed E-state index contributed by atoms with van der Waals surface area (Å²) in [5, 5.41) is 2.83. The quantitative estimate of drug-likeness (QED) is 0.574. The maximum absolute atomic E-state index is 13.5. The standard InChI is InChI=1S/C25H35N3O4S/c1-7-14-26-25(30)21(5)27(16-22-11-9-8-10-19(22)3)24(29)17-28(33(6,31)32)23-13-12-18(2)20(4)15-23/h8-13,15,21H,7,14,16-17H2,1-6H3,(H,26,30)/t21-/m0/s1. The van der Waals surface area contributed by atoms with E-state index in [9.17, 15) is 18.0 Å². The largest absolute Gasteiger partial charge is 0.354 e. The van der Waals surface area contributed by atoms with Crippen LogP contribution in [0.2, 0.25) is 0 Å². The fourth-order valence-electron chi connectivity index (χ4n) is 3.44. The van der Waals surface area contributed by atoms with Gasteiger partial charge >= 0.3 is 0 Å². The molecule has 33 heavy (non-hydrogen) atoms. The molecule has 0 unspecified atom stereocenters. The lowest BCUT2D eigenvalue weighted by Crippen LogP contribution is -2.51. The van der Waals surface area contributed by atoms with E-state index in [0.29, 0.717) is 12.2 Å². The van der Waals surface area contributed by atoms with E-state index in [2.05, 4.69) is 5.32 Å². The second kappa shape index (κ2) is 11.3. The highest BCUT2D eigenvalue weighted by molar-refractivity contribution is 7.92. The molecule has 0 heterocycles. The van der Waals surface area contributed by atoms with E-state index < -0.39 is 28.5 Å². The highest BCUT2D eigenvalue weighted by Crippen LogP contribution is 2.22. The smallest absolute Gasteiger partial charge is 0.244 e. The highest BCUT2D eigenvalue weighted by Gasteiger charge is 2.30. The van der Waals surface area contributed by atoms with Gasteiger partial charge in [-0.1, -0.05) is 37.3 Å². The SMILES string of the molecule is CCCNC(=O)[C@H](C)N(Cc1ccccc1C)C(=O)CN(c1ccc(C)c(C)c1)S(C)(=O)=O. The van der Waals surface area contributed by atoms with Crippen molar-refractivity contribution in [3.8, 4) is 0 Å². The topological polar surface area (TPSA) is 86.8 Å². The Kier molecular flexibility index (Phi) is 9.05. The number of carbonyl (C=O) groups excluding carboxylic acids is 2. The number of nitrogens with one attached hydrogen (secondary N) is 1. The molecule has 180 valence electrons. The Balaban J connectivity index is 2.40. The normalized spacial score (nSPS) is 12.2. The van der Waals surface area contributed by atoms with Gasteiger partial charge in [0.05, 0.1) is 11.9 Å². The summed E-state index contributed by atoms with van der Waals surface area (Å²) in [5.41, 5.74) is 4.27. The lowest BCUT2D eigenvalue weighted by Gasteiger charge is -2.32. The Morgan fingerprint density at radius 2 is 1.67 bits per heavy atom. The van der Waals surface area contributed by atoms with Gasteiger partial charge in [0.15, 0.2) is 0 Å². The van der Waals surface area contributed by atoms with Crippen LogP contribution in [0.1, 0.15) is 42.5 Å². The van der Waals surface area contributed by atoms with Crippen LogP contribution in [0, 0.1) is 20.8 Å². The number of hydrogen-bond donors (Lipinski definition) is 1. The summed E-state index contributed by atoms with van der Waals surface area (Å²) in [6.07, 6.45) is 1.86. The third kappa shape index (κ3) is 7.05. The fourth-order valence-corrected chi connectivity index (χ4v) is 4.29. The molecule has 1 atom stereocenters. The predicted octanol–water partition coefficient (Wildman–Crippen LogP) is 3.32. The Labute approximate surface area is 197 Å². The molecule has 7 nitrogen and oxygen atoms in total. The second-order valence-corrected chi connectivity index (χ2v) is 10.4. The van der Waals surface area contributed by atoms with E-state index in [0.717, 1.165) is 39.2 Å². The summed E-state index contributed by atoms with van der Waals surface area (Å²) in [5.74, 6) is -0.711. The zero-order valence-electron chi connectivity index (χ0n) is 20.4. The maximum atomic E-state index is 13.5. The molecule has 0 aliphatic heterocycles. The molecular formula is C25H35N3O4S. The molecule has 2 aromatic carbocycles. The minimum atomic E-state index is -3.73. The number of hydrogen-bond acceptors (Lipinski definition) is 4. The molecule has 0 fully saturated rings. The number of anilines is 1. The Morgan fingerprint density at radius 1 is 1.00 bits per heavy atom. The van der Waals surface area contributed by atoms with Gasteiger partial charge in [0.25, 0.3) is 0 Å². The Morgan fingerprint density at radius 3 is 2.24 bits per heavy atom. The summed E-state index contributed by atoms with van der Waals surface area (Å²) in [6, 6.07) is 12.2. The number of carbonyl (C=O) groups is 2. The molecule has 0 aromatic heterocycles. The minimum Gasteiger partial charge on any atom is -0.354 e. The summed E-state index contributed by atoms with van der Waals surface area (Å²) >= 11 is 0. The van der Waals surface area contributed by atoms with Crippen molar-refractivity contribution in [2.75, 3.05) is 23.7 Å². The third-order valence-electron chi connectivity index (χ3n) is 5.78. The Hall–Kier alpha value is -2.87. The van der Waals surface area contributed by atoms with Gasteiger partial charge in [0, 0.05) is 13.1 Å². The van der Waals surface area contributed by atoms with Gasteiger partial charge in [-0.2, -0.15) is 0 Å². The third-order valence-corrected chi connectivity index (χ3v) is 6.92.